The highest BCUT2D eigenvalue weighted by Crippen LogP contribution is 2.30. The Balaban J connectivity index is 2.18. The third kappa shape index (κ3) is 2.11. The summed E-state index contributed by atoms with van der Waals surface area (Å²) < 4.78 is 0. The topological polar surface area (TPSA) is 45.8 Å². The summed E-state index contributed by atoms with van der Waals surface area (Å²) in [7, 11) is 0. The van der Waals surface area contributed by atoms with Crippen molar-refractivity contribution in [2.24, 2.45) is 0 Å². The highest BCUT2D eigenvalue weighted by molar-refractivity contribution is 5.92. The molecule has 0 fully saturated rings. The quantitative estimate of drug-likeness (QED) is 0.785. The molecule has 0 saturated carbocycles. The van der Waals surface area contributed by atoms with Crippen molar-refractivity contribution in [3.8, 4) is 0 Å². The summed E-state index contributed by atoms with van der Waals surface area (Å²) in [5, 5.41) is 1.01. The molecule has 0 amide bonds. The number of Topliss-reactive ketones (excluding diaryl/α,β-unsaturated/α-hetero) is 1. The lowest BCUT2D eigenvalue weighted by Gasteiger charge is -2.16. The maximum Gasteiger partial charge on any atom is 0.141 e. The van der Waals surface area contributed by atoms with Gasteiger partial charge in [0, 0.05) is 17.8 Å². The molecule has 3 heteroatoms. The molecule has 0 radical (unpaired) electrons. The smallest absolute Gasteiger partial charge is 0.141 e. The van der Waals surface area contributed by atoms with Gasteiger partial charge in [-0.05, 0) is 37.1 Å². The minimum Gasteiger partial charge on any atom is -0.346 e. The molecule has 0 saturated heterocycles. The van der Waals surface area contributed by atoms with E-state index in [1.807, 2.05) is 49.5 Å². The van der Waals surface area contributed by atoms with E-state index in [0.717, 1.165) is 22.2 Å². The molecule has 0 bridgehead atoms. The van der Waals surface area contributed by atoms with Crippen LogP contribution in [-0.2, 0) is 4.79 Å². The summed E-state index contributed by atoms with van der Waals surface area (Å²) >= 11 is 0. The molecule has 0 aliphatic rings. The largest absolute Gasteiger partial charge is 0.346 e. The van der Waals surface area contributed by atoms with Crippen LogP contribution in [0.15, 0.2) is 48.8 Å². The van der Waals surface area contributed by atoms with Gasteiger partial charge in [-0.15, -0.1) is 0 Å². The van der Waals surface area contributed by atoms with Gasteiger partial charge in [0.1, 0.15) is 11.4 Å². The van der Waals surface area contributed by atoms with Crippen LogP contribution in [-0.4, -0.2) is 15.8 Å². The monoisotopic (exact) mass is 264 g/mol. The minimum atomic E-state index is -0.239. The molecular formula is C17H16N2O. The molecule has 2 aromatic heterocycles. The summed E-state index contributed by atoms with van der Waals surface area (Å²) in [6, 6.07) is 12.0. The van der Waals surface area contributed by atoms with E-state index in [4.69, 9.17) is 0 Å². The maximum atomic E-state index is 12.2. The molecular weight excluding hydrogens is 248 g/mol. The van der Waals surface area contributed by atoms with Crippen LogP contribution >= 0.6 is 0 Å². The SMILES string of the molecule is CC(=O)C(c1ccc(C)cc1)c1ccnc2[nH]ccc12. The standard InChI is InChI=1S/C17H16N2O/c1-11-3-5-13(6-4-11)16(12(2)20)14-7-9-18-17-15(14)8-10-19-17/h3-10,16H,1-2H3,(H,18,19). The van der Waals surface area contributed by atoms with E-state index in [0.29, 0.717) is 0 Å². The summed E-state index contributed by atoms with van der Waals surface area (Å²) in [5.41, 5.74) is 4.04. The third-order valence-corrected chi connectivity index (χ3v) is 3.62. The highest BCUT2D eigenvalue weighted by atomic mass is 16.1. The fourth-order valence-electron chi connectivity index (χ4n) is 2.63. The molecule has 1 N–H and O–H groups in total. The Bertz CT molecular complexity index is 756. The molecule has 1 unspecified atom stereocenters. The van der Waals surface area contributed by atoms with Crippen molar-refractivity contribution in [3.05, 3.63) is 65.5 Å². The number of H-pyrrole nitrogens is 1. The maximum absolute atomic E-state index is 12.2. The first-order valence-corrected chi connectivity index (χ1v) is 6.66. The predicted molar refractivity (Wildman–Crippen MR) is 79.8 cm³/mol. The van der Waals surface area contributed by atoms with Gasteiger partial charge in [0.05, 0.1) is 5.92 Å². The zero-order valence-corrected chi connectivity index (χ0v) is 11.6. The summed E-state index contributed by atoms with van der Waals surface area (Å²) in [6.45, 7) is 3.69. The van der Waals surface area contributed by atoms with Crippen molar-refractivity contribution >= 4 is 16.8 Å². The first-order valence-electron chi connectivity index (χ1n) is 6.66. The zero-order valence-electron chi connectivity index (χ0n) is 11.6. The normalized spacial score (nSPS) is 12.5. The number of carbonyl (C=O) groups is 1. The van der Waals surface area contributed by atoms with Crippen LogP contribution in [0, 0.1) is 6.92 Å². The zero-order chi connectivity index (χ0) is 14.1. The van der Waals surface area contributed by atoms with Gasteiger partial charge in [0.15, 0.2) is 0 Å². The number of nitrogens with zero attached hydrogens (tertiary/aromatic N) is 1. The van der Waals surface area contributed by atoms with Crippen molar-refractivity contribution in [1.29, 1.82) is 0 Å². The van der Waals surface area contributed by atoms with E-state index in [2.05, 4.69) is 9.97 Å². The van der Waals surface area contributed by atoms with Crippen LogP contribution in [0.4, 0.5) is 0 Å². The highest BCUT2D eigenvalue weighted by Gasteiger charge is 2.21. The minimum absolute atomic E-state index is 0.141. The number of aryl methyl sites for hydroxylation is 1. The number of nitrogens with one attached hydrogen (secondary N) is 1. The Hall–Kier alpha value is -2.42. The molecule has 0 aliphatic heterocycles. The van der Waals surface area contributed by atoms with Crippen molar-refractivity contribution in [3.63, 3.8) is 0 Å². The number of benzene rings is 1. The van der Waals surface area contributed by atoms with E-state index >= 15 is 0 Å². The number of hydrogen-bond donors (Lipinski definition) is 1. The van der Waals surface area contributed by atoms with E-state index < -0.39 is 0 Å². The molecule has 0 spiro atoms. The van der Waals surface area contributed by atoms with Gasteiger partial charge >= 0.3 is 0 Å². The van der Waals surface area contributed by atoms with Crippen LogP contribution in [0.3, 0.4) is 0 Å². The van der Waals surface area contributed by atoms with Crippen LogP contribution in [0.25, 0.3) is 11.0 Å². The van der Waals surface area contributed by atoms with Crippen LogP contribution in [0.1, 0.15) is 29.5 Å². The van der Waals surface area contributed by atoms with Gasteiger partial charge in [-0.25, -0.2) is 4.98 Å². The van der Waals surface area contributed by atoms with Crippen molar-refractivity contribution in [2.45, 2.75) is 19.8 Å². The molecule has 2 heterocycles. The second-order valence-corrected chi connectivity index (χ2v) is 5.09. The average molecular weight is 264 g/mol. The van der Waals surface area contributed by atoms with Gasteiger partial charge in [-0.2, -0.15) is 0 Å². The second kappa shape index (κ2) is 4.93. The van der Waals surface area contributed by atoms with Crippen LogP contribution in [0.5, 0.6) is 0 Å². The number of pyridine rings is 1. The van der Waals surface area contributed by atoms with Gasteiger partial charge in [0.25, 0.3) is 0 Å². The first kappa shape index (κ1) is 12.6. The lowest BCUT2D eigenvalue weighted by molar-refractivity contribution is -0.117. The van der Waals surface area contributed by atoms with E-state index in [-0.39, 0.29) is 11.7 Å². The van der Waals surface area contributed by atoms with E-state index in [9.17, 15) is 4.79 Å². The second-order valence-electron chi connectivity index (χ2n) is 5.09. The molecule has 100 valence electrons. The number of rotatable bonds is 3. The number of aromatic nitrogens is 2. The number of fused-ring (bicyclic) bond motifs is 1. The van der Waals surface area contributed by atoms with Gasteiger partial charge in [0.2, 0.25) is 0 Å². The fraction of sp³-hybridized carbons (Fsp3) is 0.176. The van der Waals surface area contributed by atoms with E-state index in [1.165, 1.54) is 5.56 Å². The van der Waals surface area contributed by atoms with Crippen molar-refractivity contribution in [1.82, 2.24) is 9.97 Å². The molecule has 3 aromatic rings. The Labute approximate surface area is 117 Å². The average Bonchev–Trinajstić information content (AvgIpc) is 2.90. The van der Waals surface area contributed by atoms with Gasteiger partial charge in [-0.1, -0.05) is 29.8 Å². The Morgan fingerprint density at radius 2 is 1.90 bits per heavy atom. The molecule has 1 atom stereocenters. The fourth-order valence-corrected chi connectivity index (χ4v) is 2.63. The number of aromatic amines is 1. The molecule has 3 nitrogen and oxygen atoms in total. The summed E-state index contributed by atoms with van der Waals surface area (Å²) in [5.74, 6) is -0.0977. The number of ketones is 1. The van der Waals surface area contributed by atoms with Crippen molar-refractivity contribution in [2.75, 3.05) is 0 Å². The molecule has 20 heavy (non-hydrogen) atoms. The third-order valence-electron chi connectivity index (χ3n) is 3.62. The Kier molecular flexibility index (Phi) is 3.11. The van der Waals surface area contributed by atoms with E-state index in [1.54, 1.807) is 13.1 Å². The lowest BCUT2D eigenvalue weighted by Crippen LogP contribution is -2.11. The first-order chi connectivity index (χ1) is 9.66. The van der Waals surface area contributed by atoms with Crippen LogP contribution < -0.4 is 0 Å². The predicted octanol–water partition coefficient (Wildman–Crippen LogP) is 3.59. The Morgan fingerprint density at radius 1 is 1.15 bits per heavy atom. The lowest BCUT2D eigenvalue weighted by atomic mass is 9.87. The summed E-state index contributed by atoms with van der Waals surface area (Å²) in [4.78, 5) is 19.5. The Morgan fingerprint density at radius 3 is 2.60 bits per heavy atom. The molecule has 1 aromatic carbocycles. The molecule has 3 rings (SSSR count). The number of hydrogen-bond acceptors (Lipinski definition) is 2. The van der Waals surface area contributed by atoms with Gasteiger partial charge in [-0.3, -0.25) is 4.79 Å². The number of carbonyl (C=O) groups excluding carboxylic acids is 1. The van der Waals surface area contributed by atoms with Gasteiger partial charge < -0.3 is 4.98 Å². The van der Waals surface area contributed by atoms with Crippen molar-refractivity contribution < 1.29 is 4.79 Å². The van der Waals surface area contributed by atoms with Crippen LogP contribution in [0.2, 0.25) is 0 Å². The molecule has 0 aliphatic carbocycles. The summed E-state index contributed by atoms with van der Waals surface area (Å²) in [6.07, 6.45) is 3.60.